The molecule has 0 aliphatic rings. The smallest absolute Gasteiger partial charge is 0.433 e. The van der Waals surface area contributed by atoms with Gasteiger partial charge in [-0.3, -0.25) is 14.9 Å². The highest BCUT2D eigenvalue weighted by Gasteiger charge is 2.37. The molecule has 5 rings (SSSR count). The summed E-state index contributed by atoms with van der Waals surface area (Å²) in [4.78, 5) is 28.5. The molecule has 0 aliphatic heterocycles. The molecule has 0 aliphatic carbocycles. The van der Waals surface area contributed by atoms with Gasteiger partial charge in [-0.1, -0.05) is 29.8 Å². The highest BCUT2D eigenvalue weighted by molar-refractivity contribution is 6.37. The van der Waals surface area contributed by atoms with E-state index < -0.39 is 44.8 Å². The van der Waals surface area contributed by atoms with Gasteiger partial charge in [-0.15, -0.1) is 0 Å². The molecule has 1 N–H and O–H groups in total. The molecule has 0 radical (unpaired) electrons. The highest BCUT2D eigenvalue weighted by Crippen LogP contribution is 2.36. The van der Waals surface area contributed by atoms with Gasteiger partial charge in [0.2, 0.25) is 0 Å². The Labute approximate surface area is 253 Å². The van der Waals surface area contributed by atoms with Crippen molar-refractivity contribution in [2.24, 2.45) is 0 Å². The number of carbonyl (C=O) groups is 1. The van der Waals surface area contributed by atoms with Crippen molar-refractivity contribution >= 4 is 34.5 Å². The number of ether oxygens (including phenoxy) is 2. The summed E-state index contributed by atoms with van der Waals surface area (Å²) in [6, 6.07) is 14.3. The summed E-state index contributed by atoms with van der Waals surface area (Å²) in [6.45, 7) is 5.60. The molecule has 226 valence electrons. The van der Waals surface area contributed by atoms with E-state index in [1.807, 2.05) is 26.8 Å². The number of benzene rings is 3. The molecular weight excluding hydrogens is 603 g/mol. The summed E-state index contributed by atoms with van der Waals surface area (Å²) in [5.41, 5.74) is 0.196. The minimum Gasteiger partial charge on any atom is -0.497 e. The first-order valence-electron chi connectivity index (χ1n) is 12.9. The van der Waals surface area contributed by atoms with Gasteiger partial charge in [0, 0.05) is 17.7 Å². The molecule has 0 bridgehead atoms. The molecule has 0 unspecified atom stereocenters. The number of hydrogen-bond donors (Lipinski definition) is 1. The number of anilines is 1. The first-order chi connectivity index (χ1) is 20.7. The molecule has 0 saturated carbocycles. The quantitative estimate of drug-likeness (QED) is 0.144. The first kappa shape index (κ1) is 30.3. The van der Waals surface area contributed by atoms with Crippen LogP contribution in [0.2, 0.25) is 5.02 Å². The largest absolute Gasteiger partial charge is 0.497 e. The molecule has 0 saturated heterocycles. The van der Waals surface area contributed by atoms with E-state index in [0.29, 0.717) is 21.6 Å². The van der Waals surface area contributed by atoms with Crippen LogP contribution in [0.3, 0.4) is 0 Å². The number of amides is 1. The Kier molecular flexibility index (Phi) is 7.91. The molecule has 2 aromatic heterocycles. The number of fused-ring (bicyclic) bond motifs is 1. The minimum absolute atomic E-state index is 0.0488. The van der Waals surface area contributed by atoms with Crippen LogP contribution in [0.15, 0.2) is 60.7 Å². The molecule has 0 spiro atoms. The maximum atomic E-state index is 14.1. The number of rotatable bonds is 7. The molecule has 0 fully saturated rings. The predicted molar refractivity (Wildman–Crippen MR) is 157 cm³/mol. The lowest BCUT2D eigenvalue weighted by Crippen LogP contribution is -2.16. The van der Waals surface area contributed by atoms with Gasteiger partial charge in [0.25, 0.3) is 11.6 Å². The fourth-order valence-electron chi connectivity index (χ4n) is 4.51. The van der Waals surface area contributed by atoms with E-state index >= 15 is 0 Å². The zero-order valence-corrected chi connectivity index (χ0v) is 24.4. The number of nitrogens with zero attached hydrogens (tertiary/aromatic N) is 4. The van der Waals surface area contributed by atoms with E-state index in [9.17, 15) is 28.1 Å². The Morgan fingerprint density at radius 1 is 1.05 bits per heavy atom. The van der Waals surface area contributed by atoms with Gasteiger partial charge >= 0.3 is 6.18 Å². The summed E-state index contributed by atoms with van der Waals surface area (Å²) >= 11 is 6.39. The molecule has 5 aromatic rings. The number of hydrogen-bond acceptors (Lipinski definition) is 7. The third kappa shape index (κ3) is 5.99. The van der Waals surface area contributed by atoms with Gasteiger partial charge in [-0.25, -0.2) is 9.50 Å². The minimum atomic E-state index is -4.89. The average Bonchev–Trinajstić information content (AvgIpc) is 3.30. The Bertz CT molecular complexity index is 1960. The van der Waals surface area contributed by atoms with E-state index in [1.54, 1.807) is 24.3 Å². The van der Waals surface area contributed by atoms with Crippen molar-refractivity contribution in [3.63, 3.8) is 0 Å². The average molecular weight is 626 g/mol. The Morgan fingerprint density at radius 2 is 1.80 bits per heavy atom. The van der Waals surface area contributed by atoms with Crippen molar-refractivity contribution in [2.45, 2.75) is 26.9 Å². The number of nitro groups is 1. The van der Waals surface area contributed by atoms with Gasteiger partial charge in [-0.2, -0.15) is 18.3 Å². The molecular formula is C30H23ClF3N5O5. The molecule has 3 aromatic carbocycles. The van der Waals surface area contributed by atoms with Crippen molar-refractivity contribution in [3.05, 3.63) is 104 Å². The number of halogens is 4. The van der Waals surface area contributed by atoms with E-state index in [2.05, 4.69) is 15.4 Å². The van der Waals surface area contributed by atoms with E-state index in [4.69, 9.17) is 21.1 Å². The van der Waals surface area contributed by atoms with Crippen LogP contribution in [0.5, 0.6) is 17.2 Å². The number of aryl methyl sites for hydroxylation is 2. The van der Waals surface area contributed by atoms with Crippen LogP contribution < -0.4 is 14.8 Å². The second-order valence-electron chi connectivity index (χ2n) is 9.89. The van der Waals surface area contributed by atoms with Crippen LogP contribution in [-0.2, 0) is 6.18 Å². The van der Waals surface area contributed by atoms with E-state index in [0.717, 1.165) is 28.8 Å². The molecule has 0 atom stereocenters. The van der Waals surface area contributed by atoms with Gasteiger partial charge in [0.15, 0.2) is 17.0 Å². The van der Waals surface area contributed by atoms with Gasteiger partial charge in [-0.05, 0) is 61.7 Å². The van der Waals surface area contributed by atoms with Crippen LogP contribution >= 0.6 is 11.6 Å². The lowest BCUT2D eigenvalue weighted by atomic mass is 10.1. The normalized spacial score (nSPS) is 11.5. The zero-order valence-electron chi connectivity index (χ0n) is 23.6. The fraction of sp³-hybridized carbons (Fsp3) is 0.167. The Morgan fingerprint density at radius 3 is 2.48 bits per heavy atom. The molecule has 10 nitrogen and oxygen atoms in total. The maximum absolute atomic E-state index is 14.1. The predicted octanol–water partition coefficient (Wildman–Crippen LogP) is 7.96. The van der Waals surface area contributed by atoms with Crippen molar-refractivity contribution < 1.29 is 32.4 Å². The van der Waals surface area contributed by atoms with Crippen LogP contribution in [-0.4, -0.2) is 32.5 Å². The third-order valence-corrected chi connectivity index (χ3v) is 7.10. The molecule has 14 heteroatoms. The summed E-state index contributed by atoms with van der Waals surface area (Å²) in [5, 5.41) is 17.5. The van der Waals surface area contributed by atoms with Crippen LogP contribution in [0.25, 0.3) is 16.9 Å². The third-order valence-electron chi connectivity index (χ3n) is 6.76. The van der Waals surface area contributed by atoms with Crippen LogP contribution in [0.1, 0.15) is 32.9 Å². The van der Waals surface area contributed by atoms with Gasteiger partial charge in [0.1, 0.15) is 22.3 Å². The van der Waals surface area contributed by atoms with E-state index in [-0.39, 0.29) is 17.1 Å². The highest BCUT2D eigenvalue weighted by atomic mass is 35.5. The lowest BCUT2D eigenvalue weighted by molar-refractivity contribution is -0.384. The molecule has 2 heterocycles. The number of carbonyl (C=O) groups excluding carboxylic acids is 1. The summed E-state index contributed by atoms with van der Waals surface area (Å²) in [5.74, 6) is -0.120. The second kappa shape index (κ2) is 11.5. The fourth-order valence-corrected chi connectivity index (χ4v) is 4.76. The number of nitrogens with one attached hydrogen (secondary N) is 1. The van der Waals surface area contributed by atoms with Crippen molar-refractivity contribution in [3.8, 4) is 28.5 Å². The second-order valence-corrected chi connectivity index (χ2v) is 10.3. The summed E-state index contributed by atoms with van der Waals surface area (Å²) < 4.78 is 53.9. The van der Waals surface area contributed by atoms with Crippen LogP contribution in [0, 0.1) is 30.9 Å². The molecule has 44 heavy (non-hydrogen) atoms. The van der Waals surface area contributed by atoms with E-state index in [1.165, 1.54) is 25.3 Å². The summed E-state index contributed by atoms with van der Waals surface area (Å²) in [6.07, 6.45) is -4.89. The number of nitro benzene ring substituents is 1. The van der Waals surface area contributed by atoms with Gasteiger partial charge in [0.05, 0.1) is 29.5 Å². The SMILES string of the molecule is COc1cccc(-c2cc(C(F)(F)F)n3nc(C(=O)Nc4cc(Oc5cc(C)cc(C)c5C)cc([N+](=O)[O-])c4)c(Cl)c3n2)c1. The number of alkyl halides is 3. The van der Waals surface area contributed by atoms with Crippen molar-refractivity contribution in [1.29, 1.82) is 0 Å². The monoisotopic (exact) mass is 625 g/mol. The Hall–Kier alpha value is -5.17. The summed E-state index contributed by atoms with van der Waals surface area (Å²) in [7, 11) is 1.41. The van der Waals surface area contributed by atoms with Crippen molar-refractivity contribution in [1.82, 2.24) is 14.6 Å². The topological polar surface area (TPSA) is 121 Å². The van der Waals surface area contributed by atoms with Gasteiger partial charge < -0.3 is 14.8 Å². The number of non-ortho nitro benzene ring substituents is 1. The maximum Gasteiger partial charge on any atom is 0.433 e. The molecule has 1 amide bonds. The number of aromatic nitrogens is 3. The Balaban J connectivity index is 1.55. The standard InChI is InChI=1S/C30H23ClF3N5O5/c1-15-8-16(2)17(3)24(9-15)44-22-12-19(11-20(13-22)39(41)42)35-29(40)27-26(31)28-36-23(18-6-5-7-21(10-18)43-4)14-25(30(32,33)34)38(28)37-27/h5-14H,1-4H3,(H,35,40). The van der Waals surface area contributed by atoms with Crippen LogP contribution in [0.4, 0.5) is 24.5 Å². The lowest BCUT2D eigenvalue weighted by Gasteiger charge is -2.13. The number of methoxy groups -OCH3 is 1. The van der Waals surface area contributed by atoms with Crippen molar-refractivity contribution in [2.75, 3.05) is 12.4 Å². The zero-order chi connectivity index (χ0) is 31.9. The first-order valence-corrected chi connectivity index (χ1v) is 13.3.